The monoisotopic (exact) mass is 289 g/mol. The molecule has 1 aromatic heterocycles. The first-order valence-electron chi connectivity index (χ1n) is 7.37. The molecule has 6 nitrogen and oxygen atoms in total. The van der Waals surface area contributed by atoms with E-state index < -0.39 is 5.76 Å². The molecule has 3 N–H and O–H groups in total. The van der Waals surface area contributed by atoms with Crippen molar-refractivity contribution in [1.29, 1.82) is 0 Å². The summed E-state index contributed by atoms with van der Waals surface area (Å²) in [5.74, 6) is -0.467. The summed E-state index contributed by atoms with van der Waals surface area (Å²) in [7, 11) is 0. The lowest BCUT2D eigenvalue weighted by molar-refractivity contribution is 0.232. The molecule has 21 heavy (non-hydrogen) atoms. The van der Waals surface area contributed by atoms with Gasteiger partial charge in [0.1, 0.15) is 0 Å². The standard InChI is InChI=1S/C15H19N3O3/c19-14(17-11-4-2-1-3-5-11)16-9-10-6-7-13-12(8-10)18-15(20)21-13/h6-8,11H,1-5,9H2,(H,18,20)(H2,16,17,19). The minimum Gasteiger partial charge on any atom is -0.408 e. The number of urea groups is 1. The Morgan fingerprint density at radius 1 is 1.29 bits per heavy atom. The number of hydrogen-bond donors (Lipinski definition) is 3. The molecule has 112 valence electrons. The fourth-order valence-corrected chi connectivity index (χ4v) is 2.77. The van der Waals surface area contributed by atoms with Crippen LogP contribution in [0.15, 0.2) is 27.4 Å². The van der Waals surface area contributed by atoms with Gasteiger partial charge in [-0.3, -0.25) is 4.98 Å². The number of carbonyl (C=O) groups excluding carboxylic acids is 1. The molecule has 6 heteroatoms. The van der Waals surface area contributed by atoms with Crippen LogP contribution in [-0.2, 0) is 6.54 Å². The van der Waals surface area contributed by atoms with E-state index in [9.17, 15) is 9.59 Å². The Bertz CT molecular complexity index is 683. The predicted molar refractivity (Wildman–Crippen MR) is 79.1 cm³/mol. The van der Waals surface area contributed by atoms with E-state index in [-0.39, 0.29) is 6.03 Å². The van der Waals surface area contributed by atoms with Crippen LogP contribution >= 0.6 is 0 Å². The zero-order valence-corrected chi connectivity index (χ0v) is 11.8. The molecule has 0 saturated heterocycles. The van der Waals surface area contributed by atoms with Gasteiger partial charge in [0.05, 0.1) is 5.52 Å². The molecule has 0 radical (unpaired) electrons. The SMILES string of the molecule is O=C(NCc1ccc2oc(=O)[nH]c2c1)NC1CCCCC1. The summed E-state index contributed by atoms with van der Waals surface area (Å²) >= 11 is 0. The smallest absolute Gasteiger partial charge is 0.408 e. The van der Waals surface area contributed by atoms with Crippen LogP contribution in [0.5, 0.6) is 0 Å². The molecule has 0 unspecified atom stereocenters. The molecule has 1 aromatic carbocycles. The molecule has 0 atom stereocenters. The molecule has 2 amide bonds. The highest BCUT2D eigenvalue weighted by Gasteiger charge is 2.15. The van der Waals surface area contributed by atoms with Crippen LogP contribution in [0.3, 0.4) is 0 Å². The Morgan fingerprint density at radius 3 is 2.90 bits per heavy atom. The van der Waals surface area contributed by atoms with Gasteiger partial charge in [0.2, 0.25) is 0 Å². The summed E-state index contributed by atoms with van der Waals surface area (Å²) in [6, 6.07) is 5.53. The zero-order chi connectivity index (χ0) is 14.7. The number of oxazole rings is 1. The largest absolute Gasteiger partial charge is 0.417 e. The lowest BCUT2D eigenvalue weighted by Gasteiger charge is -2.22. The maximum absolute atomic E-state index is 11.9. The van der Waals surface area contributed by atoms with Crippen LogP contribution in [0.2, 0.25) is 0 Å². The summed E-state index contributed by atoms with van der Waals surface area (Å²) in [5.41, 5.74) is 2.08. The molecule has 0 bridgehead atoms. The van der Waals surface area contributed by atoms with Gasteiger partial charge in [0, 0.05) is 12.6 Å². The molecule has 2 aromatic rings. The first kappa shape index (κ1) is 13.7. The number of H-pyrrole nitrogens is 1. The molecular weight excluding hydrogens is 270 g/mol. The van der Waals surface area contributed by atoms with Crippen LogP contribution in [0, 0.1) is 0 Å². The molecule has 1 heterocycles. The second-order valence-electron chi connectivity index (χ2n) is 5.51. The fraction of sp³-hybridized carbons (Fsp3) is 0.467. The highest BCUT2D eigenvalue weighted by Crippen LogP contribution is 2.17. The molecule has 3 rings (SSSR count). The number of rotatable bonds is 3. The third-order valence-corrected chi connectivity index (χ3v) is 3.88. The third kappa shape index (κ3) is 3.45. The van der Waals surface area contributed by atoms with E-state index in [0.29, 0.717) is 23.7 Å². The number of carbonyl (C=O) groups is 1. The van der Waals surface area contributed by atoms with Crippen molar-refractivity contribution in [2.75, 3.05) is 0 Å². The Balaban J connectivity index is 1.55. The van der Waals surface area contributed by atoms with Gasteiger partial charge in [-0.1, -0.05) is 25.3 Å². The quantitative estimate of drug-likeness (QED) is 0.810. The highest BCUT2D eigenvalue weighted by atomic mass is 16.4. The number of hydrogen-bond acceptors (Lipinski definition) is 3. The fourth-order valence-electron chi connectivity index (χ4n) is 2.77. The minimum absolute atomic E-state index is 0.136. The van der Waals surface area contributed by atoms with Gasteiger partial charge >= 0.3 is 11.8 Å². The average molecular weight is 289 g/mol. The van der Waals surface area contributed by atoms with Crippen LogP contribution in [0.25, 0.3) is 11.1 Å². The first-order valence-corrected chi connectivity index (χ1v) is 7.37. The maximum atomic E-state index is 11.9. The Hall–Kier alpha value is -2.24. The zero-order valence-electron chi connectivity index (χ0n) is 11.8. The normalized spacial score (nSPS) is 16.0. The Morgan fingerprint density at radius 2 is 2.10 bits per heavy atom. The van der Waals surface area contributed by atoms with Gasteiger partial charge < -0.3 is 15.1 Å². The van der Waals surface area contributed by atoms with Crippen molar-refractivity contribution in [2.45, 2.75) is 44.7 Å². The molecule has 1 aliphatic carbocycles. The number of fused-ring (bicyclic) bond motifs is 1. The van der Waals surface area contributed by atoms with Crippen molar-refractivity contribution < 1.29 is 9.21 Å². The van der Waals surface area contributed by atoms with Crippen molar-refractivity contribution in [3.05, 3.63) is 34.3 Å². The molecule has 0 aliphatic heterocycles. The maximum Gasteiger partial charge on any atom is 0.417 e. The van der Waals surface area contributed by atoms with E-state index in [1.54, 1.807) is 12.1 Å². The lowest BCUT2D eigenvalue weighted by atomic mass is 9.96. The summed E-state index contributed by atoms with van der Waals surface area (Å²) in [6.45, 7) is 0.418. The second kappa shape index (κ2) is 6.03. The van der Waals surface area contributed by atoms with Crippen molar-refractivity contribution >= 4 is 17.1 Å². The van der Waals surface area contributed by atoms with Gasteiger partial charge in [-0.15, -0.1) is 0 Å². The summed E-state index contributed by atoms with van der Waals surface area (Å²) in [4.78, 5) is 25.5. The van der Waals surface area contributed by atoms with Gasteiger partial charge in [-0.2, -0.15) is 0 Å². The van der Waals surface area contributed by atoms with Crippen molar-refractivity contribution in [2.24, 2.45) is 0 Å². The van der Waals surface area contributed by atoms with Crippen LogP contribution in [0.4, 0.5) is 4.79 Å². The van der Waals surface area contributed by atoms with E-state index in [4.69, 9.17) is 4.42 Å². The molecule has 1 saturated carbocycles. The van der Waals surface area contributed by atoms with Gasteiger partial charge in [-0.05, 0) is 30.5 Å². The Kier molecular flexibility index (Phi) is 3.94. The van der Waals surface area contributed by atoms with Gasteiger partial charge in [0.25, 0.3) is 0 Å². The minimum atomic E-state index is -0.467. The van der Waals surface area contributed by atoms with Gasteiger partial charge in [-0.25, -0.2) is 9.59 Å². The average Bonchev–Trinajstić information content (AvgIpc) is 2.85. The number of benzene rings is 1. The van der Waals surface area contributed by atoms with E-state index in [1.165, 1.54) is 19.3 Å². The first-order chi connectivity index (χ1) is 10.2. The summed E-state index contributed by atoms with van der Waals surface area (Å²) < 4.78 is 4.94. The molecular formula is C15H19N3O3. The van der Waals surface area contributed by atoms with Crippen molar-refractivity contribution in [3.63, 3.8) is 0 Å². The second-order valence-corrected chi connectivity index (χ2v) is 5.51. The van der Waals surface area contributed by atoms with E-state index in [0.717, 1.165) is 18.4 Å². The van der Waals surface area contributed by atoms with Crippen molar-refractivity contribution in [1.82, 2.24) is 15.6 Å². The summed E-state index contributed by atoms with van der Waals surface area (Å²) in [5, 5.41) is 5.85. The Labute approximate surface area is 121 Å². The number of nitrogens with one attached hydrogen (secondary N) is 3. The van der Waals surface area contributed by atoms with Crippen LogP contribution < -0.4 is 16.4 Å². The van der Waals surface area contributed by atoms with Gasteiger partial charge in [0.15, 0.2) is 5.58 Å². The van der Waals surface area contributed by atoms with Crippen LogP contribution in [-0.4, -0.2) is 17.1 Å². The third-order valence-electron chi connectivity index (χ3n) is 3.88. The lowest BCUT2D eigenvalue weighted by Crippen LogP contribution is -2.42. The van der Waals surface area contributed by atoms with Crippen molar-refractivity contribution in [3.8, 4) is 0 Å². The number of amides is 2. The highest BCUT2D eigenvalue weighted by molar-refractivity contribution is 5.75. The molecule has 0 spiro atoms. The molecule has 1 aliphatic rings. The van der Waals surface area contributed by atoms with E-state index >= 15 is 0 Å². The molecule has 1 fully saturated rings. The van der Waals surface area contributed by atoms with Crippen LogP contribution in [0.1, 0.15) is 37.7 Å². The topological polar surface area (TPSA) is 87.1 Å². The predicted octanol–water partition coefficient (Wildman–Crippen LogP) is 2.25. The number of aromatic amines is 1. The van der Waals surface area contributed by atoms with E-state index in [2.05, 4.69) is 15.6 Å². The number of aromatic nitrogens is 1. The summed E-state index contributed by atoms with van der Waals surface area (Å²) in [6.07, 6.45) is 5.78. The van der Waals surface area contributed by atoms with E-state index in [1.807, 2.05) is 6.07 Å².